The second-order valence-corrected chi connectivity index (χ2v) is 5.08. The number of ether oxygens (including phenoxy) is 1. The van der Waals surface area contributed by atoms with Crippen LogP contribution in [0.1, 0.15) is 43.4 Å². The number of aromatic nitrogens is 3. The Kier molecular flexibility index (Phi) is 3.11. The van der Waals surface area contributed by atoms with Crippen molar-refractivity contribution >= 4 is 0 Å². The van der Waals surface area contributed by atoms with Crippen molar-refractivity contribution in [3.8, 4) is 0 Å². The predicted octanol–water partition coefficient (Wildman–Crippen LogP) is 1.04. The molecule has 5 heteroatoms. The second-order valence-electron chi connectivity index (χ2n) is 5.08. The van der Waals surface area contributed by atoms with E-state index in [1.165, 1.54) is 12.8 Å². The molecule has 0 saturated carbocycles. The fourth-order valence-corrected chi connectivity index (χ4v) is 2.80. The van der Waals surface area contributed by atoms with Gasteiger partial charge in [-0.2, -0.15) is 0 Å². The second kappa shape index (κ2) is 4.74. The van der Waals surface area contributed by atoms with E-state index in [0.717, 1.165) is 50.6 Å². The average Bonchev–Trinajstić information content (AvgIpc) is 2.82. The van der Waals surface area contributed by atoms with Crippen LogP contribution >= 0.6 is 0 Å². The summed E-state index contributed by atoms with van der Waals surface area (Å²) in [6, 6.07) is 0. The molecule has 2 unspecified atom stereocenters. The lowest BCUT2D eigenvalue weighted by Gasteiger charge is -2.26. The zero-order valence-electron chi connectivity index (χ0n) is 10.1. The summed E-state index contributed by atoms with van der Waals surface area (Å²) in [6.45, 7) is 2.61. The van der Waals surface area contributed by atoms with Gasteiger partial charge >= 0.3 is 0 Å². The summed E-state index contributed by atoms with van der Waals surface area (Å²) in [5.41, 5.74) is 5.73. The molecule has 5 nitrogen and oxygen atoms in total. The van der Waals surface area contributed by atoms with E-state index in [2.05, 4.69) is 14.8 Å². The van der Waals surface area contributed by atoms with Crippen LogP contribution in [0, 0.1) is 5.92 Å². The fraction of sp³-hybridized carbons (Fsp3) is 0.833. The molecular weight excluding hydrogens is 216 g/mol. The van der Waals surface area contributed by atoms with Gasteiger partial charge in [0.1, 0.15) is 11.9 Å². The zero-order valence-corrected chi connectivity index (χ0v) is 10.1. The Hall–Kier alpha value is -0.940. The Balaban J connectivity index is 1.80. The summed E-state index contributed by atoms with van der Waals surface area (Å²) < 4.78 is 8.05. The first-order chi connectivity index (χ1) is 8.38. The van der Waals surface area contributed by atoms with E-state index in [1.54, 1.807) is 0 Å². The largest absolute Gasteiger partial charge is 0.370 e. The van der Waals surface area contributed by atoms with Crippen LogP contribution in [-0.4, -0.2) is 27.9 Å². The molecular formula is C12H20N4O. The Morgan fingerprint density at radius 3 is 3.00 bits per heavy atom. The maximum atomic E-state index is 5.79. The number of nitrogens with two attached hydrogens (primary N) is 1. The highest BCUT2D eigenvalue weighted by Gasteiger charge is 2.27. The highest BCUT2D eigenvalue weighted by atomic mass is 16.5. The maximum Gasteiger partial charge on any atom is 0.162 e. The molecule has 2 aliphatic rings. The van der Waals surface area contributed by atoms with Crippen molar-refractivity contribution in [1.82, 2.24) is 14.8 Å². The molecule has 0 amide bonds. The van der Waals surface area contributed by atoms with Gasteiger partial charge in [0.2, 0.25) is 0 Å². The molecule has 0 aliphatic carbocycles. The van der Waals surface area contributed by atoms with Crippen LogP contribution in [0.25, 0.3) is 0 Å². The molecule has 0 spiro atoms. The van der Waals surface area contributed by atoms with Gasteiger partial charge in [-0.3, -0.25) is 0 Å². The van der Waals surface area contributed by atoms with Crippen molar-refractivity contribution in [3.63, 3.8) is 0 Å². The molecule has 0 aromatic carbocycles. The molecule has 3 rings (SSSR count). The third-order valence-electron chi connectivity index (χ3n) is 3.89. The van der Waals surface area contributed by atoms with Crippen LogP contribution in [0.2, 0.25) is 0 Å². The summed E-state index contributed by atoms with van der Waals surface area (Å²) in [6.07, 6.45) is 5.76. The minimum Gasteiger partial charge on any atom is -0.370 e. The number of nitrogens with zero attached hydrogens (tertiary/aromatic N) is 3. The standard InChI is InChI=1S/C12H20N4O/c13-8-9-4-5-16-11(7-9)14-15-12(16)10-3-1-2-6-17-10/h9-10H,1-8,13H2. The summed E-state index contributed by atoms with van der Waals surface area (Å²) in [4.78, 5) is 0. The molecule has 1 fully saturated rings. The van der Waals surface area contributed by atoms with Gasteiger partial charge in [-0.1, -0.05) is 0 Å². The topological polar surface area (TPSA) is 66.0 Å². The normalized spacial score (nSPS) is 29.0. The van der Waals surface area contributed by atoms with E-state index in [-0.39, 0.29) is 6.10 Å². The quantitative estimate of drug-likeness (QED) is 0.833. The molecule has 2 N–H and O–H groups in total. The maximum absolute atomic E-state index is 5.79. The molecule has 1 saturated heterocycles. The van der Waals surface area contributed by atoms with Gasteiger partial charge in [0, 0.05) is 19.6 Å². The predicted molar refractivity (Wildman–Crippen MR) is 63.4 cm³/mol. The minimum absolute atomic E-state index is 0.166. The lowest BCUT2D eigenvalue weighted by molar-refractivity contribution is 0.00660. The van der Waals surface area contributed by atoms with Gasteiger partial charge in [0.25, 0.3) is 0 Å². The van der Waals surface area contributed by atoms with Crippen molar-refractivity contribution in [2.24, 2.45) is 11.7 Å². The lowest BCUT2D eigenvalue weighted by Crippen LogP contribution is -2.27. The van der Waals surface area contributed by atoms with E-state index in [4.69, 9.17) is 10.5 Å². The molecule has 3 heterocycles. The summed E-state index contributed by atoms with van der Waals surface area (Å²) in [5.74, 6) is 2.71. The highest BCUT2D eigenvalue weighted by molar-refractivity contribution is 5.03. The molecule has 1 aromatic heterocycles. The van der Waals surface area contributed by atoms with E-state index < -0.39 is 0 Å². The molecule has 0 radical (unpaired) electrons. The minimum atomic E-state index is 0.166. The fourth-order valence-electron chi connectivity index (χ4n) is 2.80. The van der Waals surface area contributed by atoms with Crippen LogP contribution < -0.4 is 5.73 Å². The molecule has 1 aromatic rings. The van der Waals surface area contributed by atoms with Crippen LogP contribution in [0.4, 0.5) is 0 Å². The first-order valence-corrected chi connectivity index (χ1v) is 6.62. The number of hydrogen-bond acceptors (Lipinski definition) is 4. The molecule has 0 bridgehead atoms. The third-order valence-corrected chi connectivity index (χ3v) is 3.89. The van der Waals surface area contributed by atoms with Crippen molar-refractivity contribution in [1.29, 1.82) is 0 Å². The average molecular weight is 236 g/mol. The first kappa shape index (κ1) is 11.2. The van der Waals surface area contributed by atoms with Crippen LogP contribution in [0.5, 0.6) is 0 Å². The van der Waals surface area contributed by atoms with E-state index in [9.17, 15) is 0 Å². The Morgan fingerprint density at radius 1 is 1.29 bits per heavy atom. The molecule has 2 aliphatic heterocycles. The zero-order chi connectivity index (χ0) is 11.7. The SMILES string of the molecule is NCC1CCn2c(nnc2C2CCCCO2)C1. The van der Waals surface area contributed by atoms with Crippen molar-refractivity contribution in [2.75, 3.05) is 13.2 Å². The van der Waals surface area contributed by atoms with Gasteiger partial charge in [-0.05, 0) is 38.1 Å². The van der Waals surface area contributed by atoms with Gasteiger partial charge in [-0.15, -0.1) is 10.2 Å². The number of rotatable bonds is 2. The Labute approximate surface area is 101 Å². The summed E-state index contributed by atoms with van der Waals surface area (Å²) in [5, 5.41) is 8.64. The van der Waals surface area contributed by atoms with Crippen molar-refractivity contribution < 1.29 is 4.74 Å². The van der Waals surface area contributed by atoms with E-state index >= 15 is 0 Å². The van der Waals surface area contributed by atoms with E-state index in [1.807, 2.05) is 0 Å². The molecule has 17 heavy (non-hydrogen) atoms. The van der Waals surface area contributed by atoms with Crippen molar-refractivity contribution in [2.45, 2.75) is 44.8 Å². The third kappa shape index (κ3) is 2.09. The monoisotopic (exact) mass is 236 g/mol. The number of hydrogen-bond donors (Lipinski definition) is 1. The lowest BCUT2D eigenvalue weighted by atomic mass is 9.98. The van der Waals surface area contributed by atoms with E-state index in [0.29, 0.717) is 5.92 Å². The Morgan fingerprint density at radius 2 is 2.24 bits per heavy atom. The molecule has 2 atom stereocenters. The Bertz CT molecular complexity index is 384. The van der Waals surface area contributed by atoms with Gasteiger partial charge in [0.15, 0.2) is 5.82 Å². The van der Waals surface area contributed by atoms with Crippen LogP contribution in [-0.2, 0) is 17.7 Å². The van der Waals surface area contributed by atoms with Gasteiger partial charge < -0.3 is 15.0 Å². The summed E-state index contributed by atoms with van der Waals surface area (Å²) in [7, 11) is 0. The van der Waals surface area contributed by atoms with Crippen molar-refractivity contribution in [3.05, 3.63) is 11.6 Å². The summed E-state index contributed by atoms with van der Waals surface area (Å²) >= 11 is 0. The first-order valence-electron chi connectivity index (χ1n) is 6.62. The highest BCUT2D eigenvalue weighted by Crippen LogP contribution is 2.29. The van der Waals surface area contributed by atoms with Gasteiger partial charge in [-0.25, -0.2) is 0 Å². The molecule has 94 valence electrons. The van der Waals surface area contributed by atoms with Crippen LogP contribution in [0.3, 0.4) is 0 Å². The van der Waals surface area contributed by atoms with Crippen LogP contribution in [0.15, 0.2) is 0 Å². The van der Waals surface area contributed by atoms with Gasteiger partial charge in [0.05, 0.1) is 0 Å². The smallest absolute Gasteiger partial charge is 0.162 e. The number of fused-ring (bicyclic) bond motifs is 1.